The van der Waals surface area contributed by atoms with E-state index in [1.54, 1.807) is 61.7 Å². The summed E-state index contributed by atoms with van der Waals surface area (Å²) in [6, 6.07) is 15.2. The Kier molecular flexibility index (Phi) is 6.75. The lowest BCUT2D eigenvalue weighted by atomic mass is 10.1. The first-order chi connectivity index (χ1) is 16.3. The van der Waals surface area contributed by atoms with Crippen LogP contribution in [0.2, 0.25) is 5.02 Å². The van der Waals surface area contributed by atoms with E-state index in [1.807, 2.05) is 13.8 Å². The first-order valence-corrected chi connectivity index (χ1v) is 10.8. The fourth-order valence-corrected chi connectivity index (χ4v) is 3.47. The SMILES string of the molecule is COc1ccc(NC(=O)COc2ccc3c(=O)c(Oc4cc(C)c(Cl)c(C)c4)coc3c2)cc1. The zero-order valence-electron chi connectivity index (χ0n) is 18.8. The molecule has 0 aliphatic rings. The van der Waals surface area contributed by atoms with Crippen molar-refractivity contribution >= 4 is 34.2 Å². The van der Waals surface area contributed by atoms with Crippen molar-refractivity contribution in [3.8, 4) is 23.0 Å². The summed E-state index contributed by atoms with van der Waals surface area (Å²) in [5.41, 5.74) is 2.31. The van der Waals surface area contributed by atoms with Crippen molar-refractivity contribution in [2.75, 3.05) is 19.0 Å². The van der Waals surface area contributed by atoms with Crippen LogP contribution in [-0.2, 0) is 4.79 Å². The van der Waals surface area contributed by atoms with Gasteiger partial charge in [-0.25, -0.2) is 0 Å². The predicted molar refractivity (Wildman–Crippen MR) is 131 cm³/mol. The topological polar surface area (TPSA) is 87.0 Å². The first kappa shape index (κ1) is 23.2. The quantitative estimate of drug-likeness (QED) is 0.356. The minimum absolute atomic E-state index is 0.0566. The molecule has 8 heteroatoms. The van der Waals surface area contributed by atoms with Crippen molar-refractivity contribution in [2.24, 2.45) is 0 Å². The number of carbonyl (C=O) groups excluding carboxylic acids is 1. The molecule has 1 N–H and O–H groups in total. The third-order valence-corrected chi connectivity index (χ3v) is 5.69. The molecule has 0 radical (unpaired) electrons. The van der Waals surface area contributed by atoms with Crippen LogP contribution in [0.5, 0.6) is 23.0 Å². The van der Waals surface area contributed by atoms with Crippen molar-refractivity contribution in [3.05, 3.63) is 87.2 Å². The number of benzene rings is 3. The van der Waals surface area contributed by atoms with E-state index in [9.17, 15) is 9.59 Å². The number of hydrogen-bond donors (Lipinski definition) is 1. The number of halogens is 1. The molecule has 0 aliphatic heterocycles. The maximum Gasteiger partial charge on any atom is 0.262 e. The Labute approximate surface area is 200 Å². The van der Waals surface area contributed by atoms with E-state index in [0.29, 0.717) is 38.9 Å². The largest absolute Gasteiger partial charge is 0.497 e. The lowest BCUT2D eigenvalue weighted by Crippen LogP contribution is -2.20. The summed E-state index contributed by atoms with van der Waals surface area (Å²) in [5.74, 6) is 1.30. The molecule has 1 aromatic heterocycles. The summed E-state index contributed by atoms with van der Waals surface area (Å²) < 4.78 is 22.0. The Hall–Kier alpha value is -3.97. The molecular formula is C26H22ClNO6. The van der Waals surface area contributed by atoms with Gasteiger partial charge in [0.25, 0.3) is 5.91 Å². The van der Waals surface area contributed by atoms with Crippen LogP contribution in [0.15, 0.2) is 70.1 Å². The molecule has 0 bridgehead atoms. The van der Waals surface area contributed by atoms with Crippen molar-refractivity contribution in [3.63, 3.8) is 0 Å². The molecule has 4 rings (SSSR count). The van der Waals surface area contributed by atoms with Gasteiger partial charge in [-0.15, -0.1) is 0 Å². The molecule has 0 saturated heterocycles. The molecule has 34 heavy (non-hydrogen) atoms. The van der Waals surface area contributed by atoms with Gasteiger partial charge in [0, 0.05) is 16.8 Å². The zero-order chi connectivity index (χ0) is 24.2. The van der Waals surface area contributed by atoms with E-state index in [0.717, 1.165) is 11.1 Å². The molecular weight excluding hydrogens is 458 g/mol. The fraction of sp³-hybridized carbons (Fsp3) is 0.154. The molecule has 0 fully saturated rings. The van der Waals surface area contributed by atoms with Crippen LogP contribution in [0.25, 0.3) is 11.0 Å². The van der Waals surface area contributed by atoms with Gasteiger partial charge in [0.15, 0.2) is 6.61 Å². The Morgan fingerprint density at radius 2 is 1.65 bits per heavy atom. The van der Waals surface area contributed by atoms with Gasteiger partial charge in [-0.2, -0.15) is 0 Å². The predicted octanol–water partition coefficient (Wildman–Crippen LogP) is 5.88. The van der Waals surface area contributed by atoms with Gasteiger partial charge in [0.2, 0.25) is 11.2 Å². The van der Waals surface area contributed by atoms with E-state index in [-0.39, 0.29) is 23.7 Å². The second kappa shape index (κ2) is 9.89. The zero-order valence-corrected chi connectivity index (χ0v) is 19.6. The van der Waals surface area contributed by atoms with E-state index in [4.69, 9.17) is 30.2 Å². The molecule has 1 heterocycles. The second-order valence-electron chi connectivity index (χ2n) is 7.63. The molecule has 4 aromatic rings. The van der Waals surface area contributed by atoms with Crippen molar-refractivity contribution in [1.29, 1.82) is 0 Å². The summed E-state index contributed by atoms with van der Waals surface area (Å²) in [6.07, 6.45) is 1.25. The average Bonchev–Trinajstić information content (AvgIpc) is 2.83. The number of fused-ring (bicyclic) bond motifs is 1. The number of carbonyl (C=O) groups is 1. The maximum absolute atomic E-state index is 12.9. The Bertz CT molecular complexity index is 1390. The van der Waals surface area contributed by atoms with Gasteiger partial charge >= 0.3 is 0 Å². The second-order valence-corrected chi connectivity index (χ2v) is 8.00. The van der Waals surface area contributed by atoms with E-state index < -0.39 is 0 Å². The van der Waals surface area contributed by atoms with Crippen LogP contribution in [0.1, 0.15) is 11.1 Å². The minimum Gasteiger partial charge on any atom is -0.497 e. The summed E-state index contributed by atoms with van der Waals surface area (Å²) in [4.78, 5) is 25.1. The van der Waals surface area contributed by atoms with Crippen molar-refractivity contribution in [2.45, 2.75) is 13.8 Å². The van der Waals surface area contributed by atoms with Gasteiger partial charge in [0.1, 0.15) is 29.1 Å². The molecule has 174 valence electrons. The van der Waals surface area contributed by atoms with Crippen LogP contribution in [0.4, 0.5) is 5.69 Å². The molecule has 3 aromatic carbocycles. The maximum atomic E-state index is 12.9. The number of rotatable bonds is 7. The van der Waals surface area contributed by atoms with Crippen LogP contribution in [0.3, 0.4) is 0 Å². The number of aryl methyl sites for hydroxylation is 2. The summed E-state index contributed by atoms with van der Waals surface area (Å²) in [5, 5.41) is 3.72. The number of nitrogens with one attached hydrogen (secondary N) is 1. The Morgan fingerprint density at radius 3 is 2.32 bits per heavy atom. The van der Waals surface area contributed by atoms with Gasteiger partial charge < -0.3 is 23.9 Å². The van der Waals surface area contributed by atoms with Gasteiger partial charge in [0.05, 0.1) is 12.5 Å². The van der Waals surface area contributed by atoms with Gasteiger partial charge in [-0.05, 0) is 73.5 Å². The van der Waals surface area contributed by atoms with Crippen LogP contribution < -0.4 is 25.0 Å². The number of ether oxygens (including phenoxy) is 3. The van der Waals surface area contributed by atoms with Crippen molar-refractivity contribution in [1.82, 2.24) is 0 Å². The molecule has 0 unspecified atom stereocenters. The molecule has 1 amide bonds. The first-order valence-electron chi connectivity index (χ1n) is 10.4. The summed E-state index contributed by atoms with van der Waals surface area (Å²) in [7, 11) is 1.57. The molecule has 0 saturated carbocycles. The lowest BCUT2D eigenvalue weighted by molar-refractivity contribution is -0.118. The normalized spacial score (nSPS) is 10.7. The Balaban J connectivity index is 1.44. The van der Waals surface area contributed by atoms with Crippen LogP contribution in [0, 0.1) is 13.8 Å². The summed E-state index contributed by atoms with van der Waals surface area (Å²) in [6.45, 7) is 3.52. The monoisotopic (exact) mass is 479 g/mol. The van der Waals surface area contributed by atoms with Gasteiger partial charge in [-0.1, -0.05) is 11.6 Å². The van der Waals surface area contributed by atoms with Crippen molar-refractivity contribution < 1.29 is 23.4 Å². The minimum atomic E-state index is -0.330. The van der Waals surface area contributed by atoms with E-state index >= 15 is 0 Å². The Morgan fingerprint density at radius 1 is 0.971 bits per heavy atom. The average molecular weight is 480 g/mol. The number of methoxy groups -OCH3 is 1. The third kappa shape index (κ3) is 5.15. The van der Waals surface area contributed by atoms with Gasteiger partial charge in [-0.3, -0.25) is 9.59 Å². The van der Waals surface area contributed by atoms with E-state index in [1.165, 1.54) is 6.26 Å². The fourth-order valence-electron chi connectivity index (χ4n) is 3.36. The number of amides is 1. The number of anilines is 1. The molecule has 0 aliphatic carbocycles. The third-order valence-electron chi connectivity index (χ3n) is 5.10. The highest BCUT2D eigenvalue weighted by Gasteiger charge is 2.12. The summed E-state index contributed by atoms with van der Waals surface area (Å²) >= 11 is 6.20. The lowest BCUT2D eigenvalue weighted by Gasteiger charge is -2.10. The van der Waals surface area contributed by atoms with E-state index in [2.05, 4.69) is 5.32 Å². The number of hydrogen-bond acceptors (Lipinski definition) is 6. The standard InChI is InChI=1S/C26H22ClNO6/c1-15-10-20(11-16(2)25(15)27)34-23-13-33-22-12-19(8-9-21(22)26(23)30)32-14-24(29)28-17-4-6-18(31-3)7-5-17/h4-13H,14H2,1-3H3,(H,28,29). The molecule has 0 atom stereocenters. The smallest absolute Gasteiger partial charge is 0.262 e. The van der Waals surface area contributed by atoms with Crippen LogP contribution in [-0.4, -0.2) is 19.6 Å². The highest BCUT2D eigenvalue weighted by atomic mass is 35.5. The molecule has 0 spiro atoms. The van der Waals surface area contributed by atoms with Crippen LogP contribution >= 0.6 is 11.6 Å². The molecule has 7 nitrogen and oxygen atoms in total. The highest BCUT2D eigenvalue weighted by Crippen LogP contribution is 2.29. The highest BCUT2D eigenvalue weighted by molar-refractivity contribution is 6.32.